The Balaban J connectivity index is 1.66. The third-order valence-electron chi connectivity index (χ3n) is 4.23. The Morgan fingerprint density at radius 1 is 1.48 bits per heavy atom. The summed E-state index contributed by atoms with van der Waals surface area (Å²) in [6.07, 6.45) is 2.38. The third-order valence-corrected chi connectivity index (χ3v) is 4.47. The number of nitrogens with zero attached hydrogens (tertiary/aromatic N) is 1. The van der Waals surface area contributed by atoms with E-state index in [0.717, 1.165) is 30.4 Å². The fourth-order valence-electron chi connectivity index (χ4n) is 3.07. The molecule has 1 amide bonds. The van der Waals surface area contributed by atoms with Crippen molar-refractivity contribution in [2.75, 3.05) is 19.6 Å². The van der Waals surface area contributed by atoms with Crippen LogP contribution < -0.4 is 5.32 Å². The Bertz CT molecular complexity index is 652. The topological polar surface area (TPSA) is 48.1 Å². The molecule has 5 heteroatoms. The first-order valence-corrected chi connectivity index (χ1v) is 7.85. The van der Waals surface area contributed by atoms with E-state index in [9.17, 15) is 4.79 Å². The highest BCUT2D eigenvalue weighted by Crippen LogP contribution is 2.20. The van der Waals surface area contributed by atoms with Crippen LogP contribution in [0.5, 0.6) is 0 Å². The van der Waals surface area contributed by atoms with Gasteiger partial charge in [-0.15, -0.1) is 0 Å². The second-order valence-corrected chi connectivity index (χ2v) is 5.99. The van der Waals surface area contributed by atoms with Gasteiger partial charge in [0.2, 0.25) is 0 Å². The quantitative estimate of drug-likeness (QED) is 0.912. The molecule has 0 spiro atoms. The number of halogens is 1. The van der Waals surface area contributed by atoms with Crippen LogP contribution in [0.3, 0.4) is 0 Å². The van der Waals surface area contributed by atoms with Gasteiger partial charge in [0.15, 0.2) is 0 Å². The van der Waals surface area contributed by atoms with E-state index < -0.39 is 0 Å². The van der Waals surface area contributed by atoms with Crippen LogP contribution in [0, 0.1) is 0 Å². The SMILES string of the molecule is CCN1CCC[C@@H]1CNC(=O)c1cc2cc(Cl)ccc2[nH]1. The van der Waals surface area contributed by atoms with Crippen molar-refractivity contribution in [1.82, 2.24) is 15.2 Å². The number of likely N-dealkylation sites (tertiary alicyclic amines) is 1. The molecule has 3 rings (SSSR count). The van der Waals surface area contributed by atoms with Crippen LogP contribution in [0.1, 0.15) is 30.3 Å². The maximum atomic E-state index is 12.3. The van der Waals surface area contributed by atoms with Crippen molar-refractivity contribution in [2.24, 2.45) is 0 Å². The van der Waals surface area contributed by atoms with Gasteiger partial charge in [0, 0.05) is 28.5 Å². The molecule has 0 aliphatic carbocycles. The van der Waals surface area contributed by atoms with E-state index >= 15 is 0 Å². The van der Waals surface area contributed by atoms with Crippen LogP contribution in [0.15, 0.2) is 24.3 Å². The third kappa shape index (κ3) is 3.06. The van der Waals surface area contributed by atoms with E-state index in [4.69, 9.17) is 11.6 Å². The van der Waals surface area contributed by atoms with E-state index in [-0.39, 0.29) is 5.91 Å². The predicted octanol–water partition coefficient (Wildman–Crippen LogP) is 3.04. The fourth-order valence-corrected chi connectivity index (χ4v) is 3.25. The average Bonchev–Trinajstić information content (AvgIpc) is 3.10. The van der Waals surface area contributed by atoms with Gasteiger partial charge in [0.25, 0.3) is 5.91 Å². The number of fused-ring (bicyclic) bond motifs is 1. The number of hydrogen-bond acceptors (Lipinski definition) is 2. The van der Waals surface area contributed by atoms with Crippen molar-refractivity contribution in [3.63, 3.8) is 0 Å². The van der Waals surface area contributed by atoms with Gasteiger partial charge in [-0.2, -0.15) is 0 Å². The highest BCUT2D eigenvalue weighted by Gasteiger charge is 2.23. The molecule has 0 unspecified atom stereocenters. The molecule has 0 bridgehead atoms. The summed E-state index contributed by atoms with van der Waals surface area (Å²) in [4.78, 5) is 17.8. The lowest BCUT2D eigenvalue weighted by molar-refractivity contribution is 0.0937. The number of carbonyl (C=O) groups excluding carboxylic acids is 1. The fraction of sp³-hybridized carbons (Fsp3) is 0.438. The standard InChI is InChI=1S/C16H20ClN3O/c1-2-20-7-3-4-13(20)10-18-16(21)15-9-11-8-12(17)5-6-14(11)19-15/h5-6,8-9,13,19H,2-4,7,10H2,1H3,(H,18,21)/t13-/m1/s1. The van der Waals surface area contributed by atoms with Gasteiger partial charge in [0.05, 0.1) is 0 Å². The summed E-state index contributed by atoms with van der Waals surface area (Å²) in [7, 11) is 0. The van der Waals surface area contributed by atoms with Crippen LogP contribution in [0.25, 0.3) is 10.9 Å². The Labute approximate surface area is 129 Å². The summed E-state index contributed by atoms with van der Waals surface area (Å²) in [6, 6.07) is 7.89. The maximum Gasteiger partial charge on any atom is 0.267 e. The molecule has 4 nitrogen and oxygen atoms in total. The van der Waals surface area contributed by atoms with Crippen LogP contribution in [0.4, 0.5) is 0 Å². The van der Waals surface area contributed by atoms with Gasteiger partial charge < -0.3 is 10.3 Å². The molecule has 1 saturated heterocycles. The average molecular weight is 306 g/mol. The van der Waals surface area contributed by atoms with E-state index in [1.807, 2.05) is 24.3 Å². The summed E-state index contributed by atoms with van der Waals surface area (Å²) in [5.74, 6) is -0.0507. The molecule has 2 N–H and O–H groups in total. The molecule has 1 aliphatic heterocycles. The van der Waals surface area contributed by atoms with Gasteiger partial charge in [-0.3, -0.25) is 9.69 Å². The monoisotopic (exact) mass is 305 g/mol. The Hall–Kier alpha value is -1.52. The van der Waals surface area contributed by atoms with Gasteiger partial charge in [-0.1, -0.05) is 18.5 Å². The molecule has 1 aliphatic rings. The lowest BCUT2D eigenvalue weighted by atomic mass is 10.2. The number of likely N-dealkylation sites (N-methyl/N-ethyl adjacent to an activating group) is 1. The van der Waals surface area contributed by atoms with Crippen LogP contribution in [0.2, 0.25) is 5.02 Å². The zero-order valence-corrected chi connectivity index (χ0v) is 12.9. The van der Waals surface area contributed by atoms with Crippen LogP contribution in [-0.4, -0.2) is 41.5 Å². The molecule has 1 aromatic heterocycles. The molecule has 1 aromatic carbocycles. The van der Waals surface area contributed by atoms with Crippen molar-refractivity contribution in [1.29, 1.82) is 0 Å². The minimum atomic E-state index is -0.0507. The Morgan fingerprint density at radius 3 is 3.14 bits per heavy atom. The zero-order chi connectivity index (χ0) is 14.8. The molecule has 2 aromatic rings. The normalized spacial score (nSPS) is 19.2. The molecule has 1 atom stereocenters. The van der Waals surface area contributed by atoms with Crippen molar-refractivity contribution in [3.05, 3.63) is 35.0 Å². The minimum Gasteiger partial charge on any atom is -0.351 e. The van der Waals surface area contributed by atoms with Crippen LogP contribution in [-0.2, 0) is 0 Å². The first-order valence-electron chi connectivity index (χ1n) is 7.48. The van der Waals surface area contributed by atoms with E-state index in [2.05, 4.69) is 22.1 Å². The van der Waals surface area contributed by atoms with Gasteiger partial charge >= 0.3 is 0 Å². The summed E-state index contributed by atoms with van der Waals surface area (Å²) in [5, 5.41) is 4.68. The van der Waals surface area contributed by atoms with Crippen molar-refractivity contribution < 1.29 is 4.79 Å². The second kappa shape index (κ2) is 6.08. The summed E-state index contributed by atoms with van der Waals surface area (Å²) in [5.41, 5.74) is 1.52. The molecular formula is C16H20ClN3O. The van der Waals surface area contributed by atoms with E-state index in [1.54, 1.807) is 0 Å². The van der Waals surface area contributed by atoms with E-state index in [0.29, 0.717) is 23.3 Å². The summed E-state index contributed by atoms with van der Waals surface area (Å²) in [6.45, 7) is 5.07. The number of hydrogen-bond donors (Lipinski definition) is 2. The highest BCUT2D eigenvalue weighted by molar-refractivity contribution is 6.31. The number of aromatic amines is 1. The van der Waals surface area contributed by atoms with E-state index in [1.165, 1.54) is 6.42 Å². The number of rotatable bonds is 4. The summed E-state index contributed by atoms with van der Waals surface area (Å²) >= 11 is 5.97. The molecule has 112 valence electrons. The predicted molar refractivity (Wildman–Crippen MR) is 85.9 cm³/mol. The number of benzene rings is 1. The van der Waals surface area contributed by atoms with Gasteiger partial charge in [-0.25, -0.2) is 0 Å². The Morgan fingerprint density at radius 2 is 2.33 bits per heavy atom. The van der Waals surface area contributed by atoms with Crippen LogP contribution >= 0.6 is 11.6 Å². The maximum absolute atomic E-state index is 12.3. The van der Waals surface area contributed by atoms with Crippen molar-refractivity contribution in [2.45, 2.75) is 25.8 Å². The minimum absolute atomic E-state index is 0.0507. The number of H-pyrrole nitrogens is 1. The largest absolute Gasteiger partial charge is 0.351 e. The molecule has 0 saturated carbocycles. The van der Waals surface area contributed by atoms with Gasteiger partial charge in [-0.05, 0) is 50.2 Å². The number of nitrogens with one attached hydrogen (secondary N) is 2. The van der Waals surface area contributed by atoms with Crippen molar-refractivity contribution >= 4 is 28.4 Å². The number of carbonyl (C=O) groups is 1. The smallest absolute Gasteiger partial charge is 0.267 e. The first kappa shape index (κ1) is 14.4. The van der Waals surface area contributed by atoms with Gasteiger partial charge in [0.1, 0.15) is 5.69 Å². The first-order chi connectivity index (χ1) is 10.2. The lowest BCUT2D eigenvalue weighted by Crippen LogP contribution is -2.40. The molecule has 21 heavy (non-hydrogen) atoms. The number of amides is 1. The Kier molecular flexibility index (Phi) is 4.17. The second-order valence-electron chi connectivity index (χ2n) is 5.55. The molecule has 2 heterocycles. The molecular weight excluding hydrogens is 286 g/mol. The lowest BCUT2D eigenvalue weighted by Gasteiger charge is -2.22. The van der Waals surface area contributed by atoms with Crippen molar-refractivity contribution in [3.8, 4) is 0 Å². The highest BCUT2D eigenvalue weighted by atomic mass is 35.5. The molecule has 1 fully saturated rings. The zero-order valence-electron chi connectivity index (χ0n) is 12.2. The molecule has 0 radical (unpaired) electrons. The number of aromatic nitrogens is 1. The summed E-state index contributed by atoms with van der Waals surface area (Å²) < 4.78 is 0.